The number of nitrogens with one attached hydrogen (secondary N) is 1. The van der Waals surface area contributed by atoms with Gasteiger partial charge in [-0.25, -0.2) is 4.98 Å². The molecular formula is C10H10ClN3S. The molecular weight excluding hydrogens is 230 g/mol. The smallest absolute Gasteiger partial charge is 0.115 e. The average Bonchev–Trinajstić information content (AvgIpc) is 2.74. The van der Waals surface area contributed by atoms with Crippen molar-refractivity contribution in [2.45, 2.75) is 13.0 Å². The maximum absolute atomic E-state index is 6.01. The molecule has 2 heterocycles. The fraction of sp³-hybridized carbons (Fsp3) is 0.200. The quantitative estimate of drug-likeness (QED) is 0.893. The summed E-state index contributed by atoms with van der Waals surface area (Å²) in [5.41, 5.74) is 0.835. The van der Waals surface area contributed by atoms with E-state index in [2.05, 4.69) is 15.3 Å². The van der Waals surface area contributed by atoms with Crippen LogP contribution in [0.5, 0.6) is 0 Å². The highest BCUT2D eigenvalue weighted by molar-refractivity contribution is 7.09. The Morgan fingerprint density at radius 3 is 3.00 bits per heavy atom. The normalized spacial score (nSPS) is 12.4. The Labute approximate surface area is 97.2 Å². The Hall–Kier alpha value is -1.13. The molecule has 0 bridgehead atoms. The van der Waals surface area contributed by atoms with E-state index < -0.39 is 0 Å². The van der Waals surface area contributed by atoms with Crippen molar-refractivity contribution in [2.75, 3.05) is 5.32 Å². The van der Waals surface area contributed by atoms with E-state index >= 15 is 0 Å². The van der Waals surface area contributed by atoms with Gasteiger partial charge in [-0.1, -0.05) is 11.6 Å². The SMILES string of the molecule is CC(Nc1cnccc1Cl)c1nccs1. The molecule has 0 aliphatic carbocycles. The third-order valence-corrected chi connectivity index (χ3v) is 3.25. The van der Waals surface area contributed by atoms with Crippen LogP contribution in [-0.4, -0.2) is 9.97 Å². The van der Waals surface area contributed by atoms with Gasteiger partial charge in [-0.3, -0.25) is 4.98 Å². The maximum atomic E-state index is 6.01. The molecule has 1 N–H and O–H groups in total. The summed E-state index contributed by atoms with van der Waals surface area (Å²) in [6.07, 6.45) is 5.18. The van der Waals surface area contributed by atoms with Gasteiger partial charge in [0, 0.05) is 17.8 Å². The van der Waals surface area contributed by atoms with E-state index in [4.69, 9.17) is 11.6 Å². The van der Waals surface area contributed by atoms with Crippen LogP contribution in [0.4, 0.5) is 5.69 Å². The van der Waals surface area contributed by atoms with Crippen LogP contribution in [0, 0.1) is 0 Å². The number of aromatic nitrogens is 2. The summed E-state index contributed by atoms with van der Waals surface area (Å²) in [7, 11) is 0. The summed E-state index contributed by atoms with van der Waals surface area (Å²) < 4.78 is 0. The standard InChI is InChI=1S/C10H10ClN3S/c1-7(10-13-4-5-15-10)14-9-6-12-3-2-8(9)11/h2-7,14H,1H3. The van der Waals surface area contributed by atoms with E-state index in [0.717, 1.165) is 10.7 Å². The summed E-state index contributed by atoms with van der Waals surface area (Å²) >= 11 is 7.63. The van der Waals surface area contributed by atoms with Crippen molar-refractivity contribution in [1.82, 2.24) is 9.97 Å². The fourth-order valence-corrected chi connectivity index (χ4v) is 2.03. The number of pyridine rings is 1. The van der Waals surface area contributed by atoms with E-state index in [-0.39, 0.29) is 6.04 Å². The molecule has 0 spiro atoms. The number of hydrogen-bond donors (Lipinski definition) is 1. The van der Waals surface area contributed by atoms with Crippen LogP contribution in [0.15, 0.2) is 30.0 Å². The van der Waals surface area contributed by atoms with Crippen molar-refractivity contribution in [2.24, 2.45) is 0 Å². The molecule has 2 aromatic heterocycles. The number of rotatable bonds is 3. The molecule has 5 heteroatoms. The van der Waals surface area contributed by atoms with Crippen LogP contribution in [-0.2, 0) is 0 Å². The monoisotopic (exact) mass is 239 g/mol. The van der Waals surface area contributed by atoms with Crippen LogP contribution in [0.25, 0.3) is 0 Å². The Morgan fingerprint density at radius 2 is 2.33 bits per heavy atom. The highest BCUT2D eigenvalue weighted by Crippen LogP contribution is 2.25. The van der Waals surface area contributed by atoms with Gasteiger partial charge in [-0.15, -0.1) is 11.3 Å². The minimum Gasteiger partial charge on any atom is -0.374 e. The van der Waals surface area contributed by atoms with Crippen LogP contribution in [0.3, 0.4) is 0 Å². The molecule has 0 fully saturated rings. The first-order valence-electron chi connectivity index (χ1n) is 4.53. The zero-order chi connectivity index (χ0) is 10.7. The van der Waals surface area contributed by atoms with E-state index in [9.17, 15) is 0 Å². The predicted molar refractivity (Wildman–Crippen MR) is 63.4 cm³/mol. The molecule has 0 amide bonds. The molecule has 0 saturated heterocycles. The van der Waals surface area contributed by atoms with Crippen molar-refractivity contribution in [3.05, 3.63) is 40.1 Å². The molecule has 0 radical (unpaired) electrons. The summed E-state index contributed by atoms with van der Waals surface area (Å²) in [5, 5.41) is 6.93. The molecule has 0 aromatic carbocycles. The zero-order valence-electron chi connectivity index (χ0n) is 8.14. The van der Waals surface area contributed by atoms with Gasteiger partial charge in [-0.2, -0.15) is 0 Å². The summed E-state index contributed by atoms with van der Waals surface area (Å²) in [6, 6.07) is 1.91. The van der Waals surface area contributed by atoms with Gasteiger partial charge < -0.3 is 5.32 Å². The lowest BCUT2D eigenvalue weighted by atomic mass is 10.3. The number of halogens is 1. The third-order valence-electron chi connectivity index (χ3n) is 1.96. The summed E-state index contributed by atoms with van der Waals surface area (Å²) in [6.45, 7) is 2.04. The number of hydrogen-bond acceptors (Lipinski definition) is 4. The lowest BCUT2D eigenvalue weighted by Crippen LogP contribution is -2.06. The van der Waals surface area contributed by atoms with Gasteiger partial charge in [0.25, 0.3) is 0 Å². The minimum absolute atomic E-state index is 0.145. The van der Waals surface area contributed by atoms with Gasteiger partial charge >= 0.3 is 0 Å². The van der Waals surface area contributed by atoms with Gasteiger partial charge in [0.15, 0.2) is 0 Å². The highest BCUT2D eigenvalue weighted by Gasteiger charge is 2.09. The van der Waals surface area contributed by atoms with E-state index in [0.29, 0.717) is 5.02 Å². The summed E-state index contributed by atoms with van der Waals surface area (Å²) in [4.78, 5) is 8.25. The third kappa shape index (κ3) is 2.46. The van der Waals surface area contributed by atoms with Gasteiger partial charge in [0.2, 0.25) is 0 Å². The largest absolute Gasteiger partial charge is 0.374 e. The Balaban J connectivity index is 2.13. The number of nitrogens with zero attached hydrogens (tertiary/aromatic N) is 2. The fourth-order valence-electron chi connectivity index (χ4n) is 1.23. The molecule has 2 rings (SSSR count). The summed E-state index contributed by atoms with van der Waals surface area (Å²) in [5.74, 6) is 0. The first-order chi connectivity index (χ1) is 7.27. The van der Waals surface area contributed by atoms with Crippen molar-refractivity contribution >= 4 is 28.6 Å². The molecule has 3 nitrogen and oxygen atoms in total. The van der Waals surface area contributed by atoms with Crippen molar-refractivity contribution in [3.8, 4) is 0 Å². The second kappa shape index (κ2) is 4.59. The highest BCUT2D eigenvalue weighted by atomic mass is 35.5. The lowest BCUT2D eigenvalue weighted by Gasteiger charge is -2.13. The predicted octanol–water partition coefficient (Wildman–Crippen LogP) is 3.36. The molecule has 78 valence electrons. The van der Waals surface area contributed by atoms with Gasteiger partial charge in [0.05, 0.1) is 22.9 Å². The lowest BCUT2D eigenvalue weighted by molar-refractivity contribution is 0.868. The van der Waals surface area contributed by atoms with Crippen LogP contribution in [0.2, 0.25) is 5.02 Å². The van der Waals surface area contributed by atoms with E-state index in [1.807, 2.05) is 12.3 Å². The Kier molecular flexibility index (Phi) is 3.18. The van der Waals surface area contributed by atoms with Gasteiger partial charge in [-0.05, 0) is 13.0 Å². The first-order valence-corrected chi connectivity index (χ1v) is 5.78. The van der Waals surface area contributed by atoms with Crippen molar-refractivity contribution < 1.29 is 0 Å². The van der Waals surface area contributed by atoms with Crippen LogP contribution >= 0.6 is 22.9 Å². The topological polar surface area (TPSA) is 37.8 Å². The zero-order valence-corrected chi connectivity index (χ0v) is 9.72. The minimum atomic E-state index is 0.145. The second-order valence-electron chi connectivity index (χ2n) is 3.09. The first kappa shape index (κ1) is 10.4. The molecule has 1 unspecified atom stereocenters. The molecule has 0 saturated carbocycles. The Morgan fingerprint density at radius 1 is 1.47 bits per heavy atom. The average molecular weight is 240 g/mol. The molecule has 15 heavy (non-hydrogen) atoms. The molecule has 0 aliphatic rings. The van der Waals surface area contributed by atoms with Crippen molar-refractivity contribution in [1.29, 1.82) is 0 Å². The van der Waals surface area contributed by atoms with Crippen LogP contribution < -0.4 is 5.32 Å². The number of thiazole rings is 1. The molecule has 1 atom stereocenters. The van der Waals surface area contributed by atoms with E-state index in [1.165, 1.54) is 0 Å². The van der Waals surface area contributed by atoms with Gasteiger partial charge in [0.1, 0.15) is 5.01 Å². The van der Waals surface area contributed by atoms with E-state index in [1.54, 1.807) is 36.0 Å². The maximum Gasteiger partial charge on any atom is 0.115 e. The molecule has 2 aromatic rings. The van der Waals surface area contributed by atoms with Crippen LogP contribution in [0.1, 0.15) is 18.0 Å². The Bertz CT molecular complexity index is 430. The number of anilines is 1. The van der Waals surface area contributed by atoms with Crippen molar-refractivity contribution in [3.63, 3.8) is 0 Å². The molecule has 0 aliphatic heterocycles. The second-order valence-corrected chi connectivity index (χ2v) is 4.43.